The van der Waals surface area contributed by atoms with Gasteiger partial charge in [0.1, 0.15) is 11.4 Å². The summed E-state index contributed by atoms with van der Waals surface area (Å²) >= 11 is 0. The summed E-state index contributed by atoms with van der Waals surface area (Å²) in [4.78, 5) is 13.3. The number of fused-ring (bicyclic) bond motifs is 2. The highest BCUT2D eigenvalue weighted by Gasteiger charge is 2.36. The van der Waals surface area contributed by atoms with E-state index in [0.29, 0.717) is 17.0 Å². The highest BCUT2D eigenvalue weighted by Crippen LogP contribution is 2.44. The zero-order valence-electron chi connectivity index (χ0n) is 21.1. The summed E-state index contributed by atoms with van der Waals surface area (Å²) in [5, 5.41) is 4.46. The molecule has 3 aromatic carbocycles. The van der Waals surface area contributed by atoms with Crippen molar-refractivity contribution in [1.29, 1.82) is 0 Å². The maximum atomic E-state index is 15.0. The molecule has 0 radical (unpaired) electrons. The molecule has 0 aromatic heterocycles. The molecule has 0 bridgehead atoms. The van der Waals surface area contributed by atoms with Crippen LogP contribution < -0.4 is 25.0 Å². The molecule has 0 unspecified atom stereocenters. The van der Waals surface area contributed by atoms with E-state index in [9.17, 15) is 4.79 Å². The molecule has 3 aliphatic rings. The van der Waals surface area contributed by atoms with Gasteiger partial charge in [0.05, 0.1) is 12.2 Å². The number of hydrogen-bond acceptors (Lipinski definition) is 5. The summed E-state index contributed by atoms with van der Waals surface area (Å²) in [6, 6.07) is 18.2. The summed E-state index contributed by atoms with van der Waals surface area (Å²) in [6.07, 6.45) is 0.768. The molecule has 0 saturated carbocycles. The topological polar surface area (TPSA) is 72.1 Å². The number of carbonyl (C=O) groups is 1. The minimum absolute atomic E-state index is 0.0972. The van der Waals surface area contributed by atoms with Gasteiger partial charge in [0, 0.05) is 37.1 Å². The first-order chi connectivity index (χ1) is 17.6. The summed E-state index contributed by atoms with van der Waals surface area (Å²) in [5.41, 5.74) is 7.67. The number of rotatable bonds is 3. The van der Waals surface area contributed by atoms with Crippen molar-refractivity contribution in [1.82, 2.24) is 10.4 Å². The number of anilines is 1. The van der Waals surface area contributed by atoms with Crippen LogP contribution in [0.4, 0.5) is 14.9 Å². The van der Waals surface area contributed by atoms with Crippen molar-refractivity contribution in [3.8, 4) is 17.2 Å². The molecule has 2 amide bonds. The van der Waals surface area contributed by atoms with Crippen molar-refractivity contribution in [2.24, 2.45) is 0 Å². The van der Waals surface area contributed by atoms with E-state index < -0.39 is 11.6 Å². The van der Waals surface area contributed by atoms with Crippen molar-refractivity contribution in [3.05, 3.63) is 83.2 Å². The van der Waals surface area contributed by atoms with E-state index in [-0.39, 0.29) is 23.9 Å². The number of nitrogens with one attached hydrogen (secondary N) is 2. The molecule has 0 saturated heterocycles. The highest BCUT2D eigenvalue weighted by atomic mass is 19.1. The normalized spacial score (nSPS) is 18.4. The first-order valence-electron chi connectivity index (χ1n) is 12.2. The zero-order chi connectivity index (χ0) is 25.9. The van der Waals surface area contributed by atoms with Gasteiger partial charge >= 0.3 is 6.03 Å². The van der Waals surface area contributed by atoms with E-state index in [1.807, 2.05) is 62.4 Å². The van der Waals surface area contributed by atoms with Crippen molar-refractivity contribution in [2.75, 3.05) is 11.9 Å². The van der Waals surface area contributed by atoms with E-state index >= 15 is 4.39 Å². The van der Waals surface area contributed by atoms with Crippen LogP contribution in [0.3, 0.4) is 0 Å². The van der Waals surface area contributed by atoms with Crippen LogP contribution in [0.2, 0.25) is 0 Å². The third kappa shape index (κ3) is 4.33. The Kier molecular flexibility index (Phi) is 5.12. The predicted molar refractivity (Wildman–Crippen MR) is 139 cm³/mol. The maximum Gasteiger partial charge on any atom is 0.340 e. The van der Waals surface area contributed by atoms with Gasteiger partial charge in [-0.05, 0) is 55.3 Å². The van der Waals surface area contributed by atoms with Gasteiger partial charge in [-0.25, -0.2) is 14.2 Å². The molecule has 37 heavy (non-hydrogen) atoms. The largest absolute Gasteiger partial charge is 0.487 e. The van der Waals surface area contributed by atoms with Crippen LogP contribution in [-0.4, -0.2) is 29.0 Å². The second kappa shape index (κ2) is 8.16. The number of nitrogens with zero attached hydrogens (tertiary/aromatic N) is 1. The van der Waals surface area contributed by atoms with Crippen molar-refractivity contribution >= 4 is 23.0 Å². The standard InChI is InChI=1S/C29H28FN3O4/c1-28(2)15-19-12-20(10-11-23(19)35-28)31-27(34)33-16-21(25(32-33)17-8-6-5-7-9-17)18-13-22(30)26-24(14-18)36-29(3,4)37-26/h5-14,32H,15-16H2,1-4H3,(H,31,34). The quantitative estimate of drug-likeness (QED) is 0.463. The number of hydrogen-bond donors (Lipinski definition) is 2. The summed E-state index contributed by atoms with van der Waals surface area (Å²) in [7, 11) is 0. The maximum absolute atomic E-state index is 15.0. The van der Waals surface area contributed by atoms with Gasteiger partial charge in [0.2, 0.25) is 11.5 Å². The van der Waals surface area contributed by atoms with Crippen LogP contribution in [0, 0.1) is 5.82 Å². The van der Waals surface area contributed by atoms with Gasteiger partial charge in [-0.15, -0.1) is 0 Å². The Labute approximate surface area is 214 Å². The lowest BCUT2D eigenvalue weighted by Crippen LogP contribution is -2.40. The Hall–Kier alpha value is -4.20. The molecular formula is C29H28FN3O4. The number of urea groups is 1. The van der Waals surface area contributed by atoms with Gasteiger partial charge in [0.15, 0.2) is 11.6 Å². The first-order valence-corrected chi connectivity index (χ1v) is 12.2. The van der Waals surface area contributed by atoms with Crippen LogP contribution in [0.1, 0.15) is 44.4 Å². The molecule has 7 nitrogen and oxygen atoms in total. The molecule has 3 heterocycles. The second-order valence-electron chi connectivity index (χ2n) is 10.6. The fraction of sp³-hybridized carbons (Fsp3) is 0.276. The molecular weight excluding hydrogens is 473 g/mol. The van der Waals surface area contributed by atoms with Crippen LogP contribution in [0.15, 0.2) is 60.7 Å². The fourth-order valence-corrected chi connectivity index (χ4v) is 5.01. The lowest BCUT2D eigenvalue weighted by molar-refractivity contribution is -0.0445. The molecule has 190 valence electrons. The average Bonchev–Trinajstić information content (AvgIpc) is 3.50. The van der Waals surface area contributed by atoms with E-state index in [1.54, 1.807) is 19.9 Å². The van der Waals surface area contributed by atoms with E-state index in [1.165, 1.54) is 11.1 Å². The molecule has 0 fully saturated rings. The minimum Gasteiger partial charge on any atom is -0.487 e. The Morgan fingerprint density at radius 1 is 0.946 bits per heavy atom. The van der Waals surface area contributed by atoms with Crippen LogP contribution in [-0.2, 0) is 6.42 Å². The van der Waals surface area contributed by atoms with Crippen LogP contribution in [0.25, 0.3) is 11.3 Å². The third-order valence-electron chi connectivity index (χ3n) is 6.55. The van der Waals surface area contributed by atoms with E-state index in [0.717, 1.165) is 34.6 Å². The zero-order valence-corrected chi connectivity index (χ0v) is 21.1. The molecule has 6 rings (SSSR count). The molecule has 2 N–H and O–H groups in total. The number of ether oxygens (including phenoxy) is 3. The summed E-state index contributed by atoms with van der Waals surface area (Å²) < 4.78 is 32.4. The Morgan fingerprint density at radius 2 is 1.73 bits per heavy atom. The van der Waals surface area contributed by atoms with Gasteiger partial charge in [-0.1, -0.05) is 30.3 Å². The van der Waals surface area contributed by atoms with Gasteiger partial charge < -0.3 is 19.5 Å². The van der Waals surface area contributed by atoms with E-state index in [4.69, 9.17) is 14.2 Å². The Balaban J connectivity index is 1.29. The van der Waals surface area contributed by atoms with Gasteiger partial charge in [0.25, 0.3) is 0 Å². The lowest BCUT2D eigenvalue weighted by atomic mass is 10.00. The number of halogens is 1. The van der Waals surface area contributed by atoms with Crippen molar-refractivity contribution in [2.45, 2.75) is 45.5 Å². The number of amides is 2. The highest BCUT2D eigenvalue weighted by molar-refractivity contribution is 5.98. The molecule has 0 spiro atoms. The molecule has 3 aliphatic heterocycles. The number of benzene rings is 3. The monoisotopic (exact) mass is 501 g/mol. The van der Waals surface area contributed by atoms with Crippen molar-refractivity contribution in [3.63, 3.8) is 0 Å². The van der Waals surface area contributed by atoms with E-state index in [2.05, 4.69) is 10.7 Å². The van der Waals surface area contributed by atoms with Gasteiger partial charge in [-0.3, -0.25) is 5.43 Å². The molecule has 8 heteroatoms. The predicted octanol–water partition coefficient (Wildman–Crippen LogP) is 5.97. The number of hydrazine groups is 1. The summed E-state index contributed by atoms with van der Waals surface area (Å²) in [5.74, 6) is -0.185. The summed E-state index contributed by atoms with van der Waals surface area (Å²) in [6.45, 7) is 7.76. The Morgan fingerprint density at radius 3 is 2.51 bits per heavy atom. The Bertz CT molecular complexity index is 1450. The minimum atomic E-state index is -0.950. The second-order valence-corrected chi connectivity index (χ2v) is 10.6. The average molecular weight is 502 g/mol. The van der Waals surface area contributed by atoms with Crippen molar-refractivity contribution < 1.29 is 23.4 Å². The van der Waals surface area contributed by atoms with Crippen LogP contribution >= 0.6 is 0 Å². The SMILES string of the molecule is CC1(C)Cc2cc(NC(=O)N3CC(c4cc(F)c5c(c4)OC(C)(C)O5)=C(c4ccccc4)N3)ccc2O1. The molecule has 0 aliphatic carbocycles. The van der Waals surface area contributed by atoms with Crippen LogP contribution in [0.5, 0.6) is 17.2 Å². The third-order valence-corrected chi connectivity index (χ3v) is 6.55. The fourth-order valence-electron chi connectivity index (χ4n) is 5.01. The molecule has 0 atom stereocenters. The smallest absolute Gasteiger partial charge is 0.340 e. The lowest BCUT2D eigenvalue weighted by Gasteiger charge is -2.19. The van der Waals surface area contributed by atoms with Gasteiger partial charge in [-0.2, -0.15) is 0 Å². The first kappa shape index (κ1) is 23.2. The number of carbonyl (C=O) groups excluding carboxylic acids is 1. The molecule has 3 aromatic rings.